The van der Waals surface area contributed by atoms with E-state index < -0.39 is 5.91 Å². The summed E-state index contributed by atoms with van der Waals surface area (Å²) in [5, 5.41) is 0. The lowest BCUT2D eigenvalue weighted by molar-refractivity contribution is -0.135. The molecule has 30 heavy (non-hydrogen) atoms. The molecule has 7 heteroatoms. The molecule has 1 fully saturated rings. The number of carbonyl (C=O) groups is 2. The third-order valence-corrected chi connectivity index (χ3v) is 5.36. The first-order chi connectivity index (χ1) is 14.4. The molecule has 0 saturated carbocycles. The molecule has 0 spiro atoms. The van der Waals surface area contributed by atoms with E-state index in [9.17, 15) is 14.0 Å². The van der Waals surface area contributed by atoms with Gasteiger partial charge in [-0.15, -0.1) is 0 Å². The molecule has 0 aliphatic carbocycles. The van der Waals surface area contributed by atoms with E-state index in [1.807, 2.05) is 25.1 Å². The van der Waals surface area contributed by atoms with Crippen LogP contribution in [0, 0.1) is 18.7 Å². The molecule has 2 aromatic carbocycles. The maximum atomic E-state index is 13.1. The second-order valence-electron chi connectivity index (χ2n) is 7.66. The Morgan fingerprint density at radius 3 is 2.60 bits per heavy atom. The first-order valence-electron chi connectivity index (χ1n) is 9.97. The lowest BCUT2D eigenvalue weighted by Crippen LogP contribution is -2.49. The SMILES string of the molecule is COc1ccc(C)cc1CC(=O)N1CC[C@H](Oc2ccc(F)cc2)[C@@H](CC(N)=O)C1. The topological polar surface area (TPSA) is 81.9 Å². The molecule has 1 heterocycles. The molecule has 160 valence electrons. The van der Waals surface area contributed by atoms with Crippen molar-refractivity contribution in [2.75, 3.05) is 20.2 Å². The van der Waals surface area contributed by atoms with Gasteiger partial charge in [-0.05, 0) is 37.3 Å². The first-order valence-corrected chi connectivity index (χ1v) is 9.97. The highest BCUT2D eigenvalue weighted by Crippen LogP contribution is 2.27. The van der Waals surface area contributed by atoms with E-state index in [4.69, 9.17) is 15.2 Å². The predicted octanol–water partition coefficient (Wildman–Crippen LogP) is 2.86. The molecule has 0 unspecified atom stereocenters. The van der Waals surface area contributed by atoms with Crippen LogP contribution >= 0.6 is 0 Å². The smallest absolute Gasteiger partial charge is 0.227 e. The standard InChI is InChI=1S/C23H27FN2O4/c1-15-3-8-20(29-2)16(11-15)13-23(28)26-10-9-21(17(14-26)12-22(25)27)30-19-6-4-18(24)5-7-19/h3-8,11,17,21H,9-10,12-14H2,1-2H3,(H2,25,27)/t17-,21-/m0/s1. The van der Waals surface area contributed by atoms with Gasteiger partial charge in [-0.25, -0.2) is 4.39 Å². The van der Waals surface area contributed by atoms with E-state index in [2.05, 4.69) is 0 Å². The number of halogens is 1. The van der Waals surface area contributed by atoms with E-state index in [0.29, 0.717) is 31.0 Å². The van der Waals surface area contributed by atoms with Gasteiger partial charge in [-0.1, -0.05) is 17.7 Å². The summed E-state index contributed by atoms with van der Waals surface area (Å²) >= 11 is 0. The van der Waals surface area contributed by atoms with Crippen LogP contribution in [0.25, 0.3) is 0 Å². The van der Waals surface area contributed by atoms with Crippen molar-refractivity contribution in [3.05, 3.63) is 59.4 Å². The number of hydrogen-bond donors (Lipinski definition) is 1. The van der Waals surface area contributed by atoms with Crippen LogP contribution in [0.3, 0.4) is 0 Å². The van der Waals surface area contributed by atoms with Crippen molar-refractivity contribution in [3.8, 4) is 11.5 Å². The van der Waals surface area contributed by atoms with Crippen LogP contribution in [0.2, 0.25) is 0 Å². The maximum absolute atomic E-state index is 13.1. The highest BCUT2D eigenvalue weighted by atomic mass is 19.1. The Hall–Kier alpha value is -3.09. The Bertz CT molecular complexity index is 901. The minimum atomic E-state index is -0.442. The van der Waals surface area contributed by atoms with Gasteiger partial charge in [0, 0.05) is 37.4 Å². The van der Waals surface area contributed by atoms with E-state index in [1.54, 1.807) is 24.1 Å². The summed E-state index contributed by atoms with van der Waals surface area (Å²) in [5.74, 6) is 0.154. The molecule has 0 bridgehead atoms. The number of hydrogen-bond acceptors (Lipinski definition) is 4. The second-order valence-corrected chi connectivity index (χ2v) is 7.66. The number of benzene rings is 2. The Balaban J connectivity index is 1.69. The molecule has 2 aromatic rings. The van der Waals surface area contributed by atoms with Crippen LogP contribution in [0.4, 0.5) is 4.39 Å². The average Bonchev–Trinajstić information content (AvgIpc) is 2.70. The van der Waals surface area contributed by atoms with Crippen LogP contribution in [0.1, 0.15) is 24.0 Å². The van der Waals surface area contributed by atoms with Crippen molar-refractivity contribution in [3.63, 3.8) is 0 Å². The van der Waals surface area contributed by atoms with Gasteiger partial charge in [0.25, 0.3) is 0 Å². The summed E-state index contributed by atoms with van der Waals surface area (Å²) in [6, 6.07) is 11.5. The molecule has 6 nitrogen and oxygen atoms in total. The van der Waals surface area contributed by atoms with Gasteiger partial charge in [0.15, 0.2) is 0 Å². The number of nitrogens with zero attached hydrogens (tertiary/aromatic N) is 1. The molecule has 1 saturated heterocycles. The molecule has 2 amide bonds. The third-order valence-electron chi connectivity index (χ3n) is 5.36. The van der Waals surface area contributed by atoms with Crippen molar-refractivity contribution in [1.82, 2.24) is 4.90 Å². The molecule has 2 atom stereocenters. The summed E-state index contributed by atoms with van der Waals surface area (Å²) in [7, 11) is 1.58. The fraction of sp³-hybridized carbons (Fsp3) is 0.391. The van der Waals surface area contributed by atoms with Gasteiger partial charge in [-0.3, -0.25) is 9.59 Å². The van der Waals surface area contributed by atoms with Crippen LogP contribution in [0.5, 0.6) is 11.5 Å². The van der Waals surface area contributed by atoms with E-state index in [1.165, 1.54) is 12.1 Å². The number of likely N-dealkylation sites (tertiary alicyclic amines) is 1. The largest absolute Gasteiger partial charge is 0.496 e. The zero-order valence-electron chi connectivity index (χ0n) is 17.3. The average molecular weight is 414 g/mol. The number of carbonyl (C=O) groups excluding carboxylic acids is 2. The van der Waals surface area contributed by atoms with Crippen molar-refractivity contribution < 1.29 is 23.5 Å². The normalized spacial score (nSPS) is 18.7. The molecule has 2 N–H and O–H groups in total. The molecular formula is C23H27FN2O4. The second kappa shape index (κ2) is 9.61. The monoisotopic (exact) mass is 414 g/mol. The van der Waals surface area contributed by atoms with Gasteiger partial charge < -0.3 is 20.1 Å². The Morgan fingerprint density at radius 1 is 1.20 bits per heavy atom. The van der Waals surface area contributed by atoms with E-state index in [0.717, 1.165) is 11.1 Å². The zero-order chi connectivity index (χ0) is 21.7. The van der Waals surface area contributed by atoms with Crippen LogP contribution in [-0.2, 0) is 16.0 Å². The lowest BCUT2D eigenvalue weighted by atomic mass is 9.90. The minimum Gasteiger partial charge on any atom is -0.496 e. The summed E-state index contributed by atoms with van der Waals surface area (Å²) in [6.07, 6.45) is 0.619. The summed E-state index contributed by atoms with van der Waals surface area (Å²) in [5.41, 5.74) is 7.32. The Labute approximate surface area is 175 Å². The molecule has 1 aliphatic rings. The highest BCUT2D eigenvalue weighted by molar-refractivity contribution is 5.80. The fourth-order valence-electron chi connectivity index (χ4n) is 3.85. The highest BCUT2D eigenvalue weighted by Gasteiger charge is 2.34. The van der Waals surface area contributed by atoms with Gasteiger partial charge in [0.2, 0.25) is 11.8 Å². The number of primary amides is 1. The summed E-state index contributed by atoms with van der Waals surface area (Å²) in [6.45, 7) is 2.85. The third kappa shape index (κ3) is 5.49. The molecule has 3 rings (SSSR count). The lowest BCUT2D eigenvalue weighted by Gasteiger charge is -2.38. The molecule has 0 radical (unpaired) electrons. The number of rotatable bonds is 7. The number of piperidine rings is 1. The number of methoxy groups -OCH3 is 1. The van der Waals surface area contributed by atoms with Gasteiger partial charge >= 0.3 is 0 Å². The van der Waals surface area contributed by atoms with Crippen LogP contribution < -0.4 is 15.2 Å². The quantitative estimate of drug-likeness (QED) is 0.755. The van der Waals surface area contributed by atoms with Crippen LogP contribution in [-0.4, -0.2) is 43.0 Å². The number of ether oxygens (including phenoxy) is 2. The number of aryl methyl sites for hydroxylation is 1. The van der Waals surface area contributed by atoms with Crippen molar-refractivity contribution in [1.29, 1.82) is 0 Å². The van der Waals surface area contributed by atoms with Gasteiger partial charge in [-0.2, -0.15) is 0 Å². The first kappa shape index (κ1) is 21.6. The molecule has 0 aromatic heterocycles. The fourth-order valence-corrected chi connectivity index (χ4v) is 3.85. The summed E-state index contributed by atoms with van der Waals surface area (Å²) in [4.78, 5) is 26.3. The zero-order valence-corrected chi connectivity index (χ0v) is 17.3. The van der Waals surface area contributed by atoms with Gasteiger partial charge in [0.1, 0.15) is 23.4 Å². The van der Waals surface area contributed by atoms with Crippen molar-refractivity contribution in [2.24, 2.45) is 11.7 Å². The minimum absolute atomic E-state index is 0.0337. The molecular weight excluding hydrogens is 387 g/mol. The van der Waals surface area contributed by atoms with E-state index >= 15 is 0 Å². The number of amides is 2. The van der Waals surface area contributed by atoms with Crippen molar-refractivity contribution >= 4 is 11.8 Å². The predicted molar refractivity (Wildman–Crippen MR) is 111 cm³/mol. The molecule has 1 aliphatic heterocycles. The Kier molecular flexibility index (Phi) is 6.92. The van der Waals surface area contributed by atoms with Gasteiger partial charge in [0.05, 0.1) is 13.5 Å². The van der Waals surface area contributed by atoms with Crippen molar-refractivity contribution in [2.45, 2.75) is 32.3 Å². The Morgan fingerprint density at radius 2 is 1.93 bits per heavy atom. The number of nitrogens with two attached hydrogens (primary N) is 1. The van der Waals surface area contributed by atoms with E-state index in [-0.39, 0.29) is 36.6 Å². The van der Waals surface area contributed by atoms with Crippen LogP contribution in [0.15, 0.2) is 42.5 Å². The maximum Gasteiger partial charge on any atom is 0.227 e. The summed E-state index contributed by atoms with van der Waals surface area (Å²) < 4.78 is 24.5.